The third-order valence-electron chi connectivity index (χ3n) is 2.94. The maximum Gasteiger partial charge on any atom is 0.366 e. The van der Waals surface area contributed by atoms with Crippen molar-refractivity contribution in [2.24, 2.45) is 10.9 Å². The van der Waals surface area contributed by atoms with Crippen molar-refractivity contribution in [1.82, 2.24) is 0 Å². The number of carbonyl (C=O) groups excluding carboxylic acids is 1. The first-order valence-electron chi connectivity index (χ1n) is 6.48. The number of hydrogen-bond acceptors (Lipinski definition) is 5. The fourth-order valence-corrected chi connectivity index (χ4v) is 2.35. The smallest absolute Gasteiger partial charge is 0.366 e. The van der Waals surface area contributed by atoms with E-state index in [-0.39, 0.29) is 5.84 Å². The third-order valence-corrected chi connectivity index (χ3v) is 3.74. The van der Waals surface area contributed by atoms with Crippen LogP contribution in [0.3, 0.4) is 0 Å². The van der Waals surface area contributed by atoms with Crippen LogP contribution in [0.4, 0.5) is 0 Å². The molecule has 2 aromatic rings. The molecule has 0 aliphatic heterocycles. The van der Waals surface area contributed by atoms with Gasteiger partial charge in [-0.1, -0.05) is 17.3 Å². The number of oxime groups is 1. The summed E-state index contributed by atoms with van der Waals surface area (Å²) < 4.78 is 5.06. The number of amidine groups is 1. The number of benzene rings is 2. The lowest BCUT2D eigenvalue weighted by Crippen LogP contribution is -2.15. The highest BCUT2D eigenvalue weighted by atomic mass is 32.2. The normalized spacial score (nSPS) is 11.1. The summed E-state index contributed by atoms with van der Waals surface area (Å²) in [6, 6.07) is 14.1. The van der Waals surface area contributed by atoms with Gasteiger partial charge in [0.05, 0.1) is 12.7 Å². The van der Waals surface area contributed by atoms with E-state index in [0.717, 1.165) is 4.90 Å². The first kappa shape index (κ1) is 15.9. The molecule has 0 radical (unpaired) electrons. The molecule has 0 atom stereocenters. The number of nitrogens with two attached hydrogens (primary N) is 1. The van der Waals surface area contributed by atoms with Gasteiger partial charge in [-0.05, 0) is 42.7 Å². The summed E-state index contributed by atoms with van der Waals surface area (Å²) in [6.07, 6.45) is 1.89. The van der Waals surface area contributed by atoms with Crippen LogP contribution in [0.2, 0.25) is 0 Å². The Morgan fingerprint density at radius 2 is 1.82 bits per heavy atom. The minimum atomic E-state index is -0.540. The summed E-state index contributed by atoms with van der Waals surface area (Å²) >= 11 is 1.46. The number of ether oxygens (including phenoxy) is 1. The predicted molar refractivity (Wildman–Crippen MR) is 87.4 cm³/mol. The van der Waals surface area contributed by atoms with Crippen LogP contribution in [0.25, 0.3) is 0 Å². The number of methoxy groups -OCH3 is 1. The van der Waals surface area contributed by atoms with Crippen molar-refractivity contribution in [2.75, 3.05) is 13.4 Å². The van der Waals surface area contributed by atoms with E-state index < -0.39 is 5.97 Å². The highest BCUT2D eigenvalue weighted by Crippen LogP contribution is 2.20. The number of nitrogens with zero attached hydrogens (tertiary/aromatic N) is 1. The topological polar surface area (TPSA) is 73.9 Å². The second kappa shape index (κ2) is 7.51. The molecule has 6 heteroatoms. The van der Waals surface area contributed by atoms with Crippen molar-refractivity contribution in [3.05, 3.63) is 59.7 Å². The number of rotatable bonds is 5. The lowest BCUT2D eigenvalue weighted by molar-refractivity contribution is 0.0512. The first-order valence-corrected chi connectivity index (χ1v) is 7.70. The molecule has 0 bridgehead atoms. The van der Waals surface area contributed by atoms with E-state index in [0.29, 0.717) is 16.9 Å². The maximum absolute atomic E-state index is 12.0. The summed E-state index contributed by atoms with van der Waals surface area (Å²) in [5.41, 5.74) is 6.91. The molecule has 0 aliphatic rings. The predicted octanol–water partition coefficient (Wildman–Crippen LogP) is 2.89. The fraction of sp³-hybridized carbons (Fsp3) is 0.125. The molecule has 0 aromatic heterocycles. The number of carbonyl (C=O) groups is 1. The molecule has 0 saturated heterocycles. The van der Waals surface area contributed by atoms with Gasteiger partial charge < -0.3 is 15.3 Å². The molecule has 0 fully saturated rings. The van der Waals surface area contributed by atoms with Crippen molar-refractivity contribution in [3.63, 3.8) is 0 Å². The minimum Gasteiger partial charge on any atom is -0.497 e. The first-order chi connectivity index (χ1) is 10.7. The zero-order chi connectivity index (χ0) is 15.9. The third kappa shape index (κ3) is 3.79. The van der Waals surface area contributed by atoms with Gasteiger partial charge in [-0.15, -0.1) is 11.8 Å². The molecular formula is C16H16N2O3S. The Bertz CT molecular complexity index is 684. The van der Waals surface area contributed by atoms with Crippen LogP contribution in [0.5, 0.6) is 5.75 Å². The second-order valence-electron chi connectivity index (χ2n) is 4.28. The monoisotopic (exact) mass is 316 g/mol. The van der Waals surface area contributed by atoms with Crippen LogP contribution in [-0.4, -0.2) is 25.2 Å². The summed E-state index contributed by atoms with van der Waals surface area (Å²) in [6.45, 7) is 0. The SMILES string of the molecule is COc1ccc(/C(N)=N\OC(=O)c2ccccc2SC)cc1. The van der Waals surface area contributed by atoms with Crippen molar-refractivity contribution in [2.45, 2.75) is 4.90 Å². The lowest BCUT2D eigenvalue weighted by atomic mass is 10.2. The van der Waals surface area contributed by atoms with Crippen LogP contribution in [0, 0.1) is 0 Å². The Kier molecular flexibility index (Phi) is 5.43. The molecule has 0 unspecified atom stereocenters. The Labute approximate surface area is 133 Å². The Hall–Kier alpha value is -2.47. The standard InChI is InChI=1S/C16H16N2O3S/c1-20-12-9-7-11(8-10-12)15(17)18-21-16(19)13-5-3-4-6-14(13)22-2/h3-10H,1-2H3,(H2,17,18). The molecule has 0 amide bonds. The van der Waals surface area contributed by atoms with Gasteiger partial charge in [-0.2, -0.15) is 0 Å². The molecule has 22 heavy (non-hydrogen) atoms. The van der Waals surface area contributed by atoms with Crippen molar-refractivity contribution >= 4 is 23.6 Å². The van der Waals surface area contributed by atoms with E-state index >= 15 is 0 Å². The van der Waals surface area contributed by atoms with Crippen LogP contribution in [0.15, 0.2) is 58.6 Å². The molecule has 0 heterocycles. The molecule has 0 saturated carbocycles. The Morgan fingerprint density at radius 3 is 2.45 bits per heavy atom. The Morgan fingerprint density at radius 1 is 1.14 bits per heavy atom. The summed E-state index contributed by atoms with van der Waals surface area (Å²) in [4.78, 5) is 17.8. The highest BCUT2D eigenvalue weighted by Gasteiger charge is 2.12. The van der Waals surface area contributed by atoms with Gasteiger partial charge in [0.15, 0.2) is 5.84 Å². The summed E-state index contributed by atoms with van der Waals surface area (Å²) in [5, 5.41) is 3.70. The zero-order valence-corrected chi connectivity index (χ0v) is 13.1. The van der Waals surface area contributed by atoms with Crippen molar-refractivity contribution in [3.8, 4) is 5.75 Å². The summed E-state index contributed by atoms with van der Waals surface area (Å²) in [5.74, 6) is 0.293. The molecule has 5 nitrogen and oxygen atoms in total. The second-order valence-corrected chi connectivity index (χ2v) is 5.13. The molecule has 114 valence electrons. The van der Waals surface area contributed by atoms with Crippen molar-refractivity contribution < 1.29 is 14.4 Å². The quantitative estimate of drug-likeness (QED) is 0.302. The average molecular weight is 316 g/mol. The van der Waals surface area contributed by atoms with Gasteiger partial charge in [0.1, 0.15) is 5.75 Å². The highest BCUT2D eigenvalue weighted by molar-refractivity contribution is 7.98. The van der Waals surface area contributed by atoms with E-state index in [9.17, 15) is 4.79 Å². The molecular weight excluding hydrogens is 300 g/mol. The molecule has 0 aliphatic carbocycles. The largest absolute Gasteiger partial charge is 0.497 e. The molecule has 0 spiro atoms. The van der Waals surface area contributed by atoms with Crippen LogP contribution in [0.1, 0.15) is 15.9 Å². The van der Waals surface area contributed by atoms with Crippen LogP contribution < -0.4 is 10.5 Å². The van der Waals surface area contributed by atoms with Crippen LogP contribution in [-0.2, 0) is 4.84 Å². The number of hydrogen-bond donors (Lipinski definition) is 1. The van der Waals surface area contributed by atoms with Gasteiger partial charge >= 0.3 is 5.97 Å². The molecule has 2 rings (SSSR count). The van der Waals surface area contributed by atoms with E-state index in [1.165, 1.54) is 11.8 Å². The van der Waals surface area contributed by atoms with E-state index in [4.69, 9.17) is 15.3 Å². The van der Waals surface area contributed by atoms with Gasteiger partial charge in [-0.3, -0.25) is 0 Å². The van der Waals surface area contributed by atoms with Crippen LogP contribution >= 0.6 is 11.8 Å². The van der Waals surface area contributed by atoms with Gasteiger partial charge in [0, 0.05) is 10.5 Å². The molecule has 2 N–H and O–H groups in total. The van der Waals surface area contributed by atoms with Crippen molar-refractivity contribution in [1.29, 1.82) is 0 Å². The van der Waals surface area contributed by atoms with Gasteiger partial charge in [0.25, 0.3) is 0 Å². The van der Waals surface area contributed by atoms with Gasteiger partial charge in [-0.25, -0.2) is 4.79 Å². The Balaban J connectivity index is 2.11. The zero-order valence-electron chi connectivity index (χ0n) is 12.3. The lowest BCUT2D eigenvalue weighted by Gasteiger charge is -2.05. The van der Waals surface area contributed by atoms with E-state index in [1.54, 1.807) is 43.5 Å². The van der Waals surface area contributed by atoms with Gasteiger partial charge in [0.2, 0.25) is 0 Å². The molecule has 2 aromatic carbocycles. The average Bonchev–Trinajstić information content (AvgIpc) is 2.59. The fourth-order valence-electron chi connectivity index (χ4n) is 1.77. The van der Waals surface area contributed by atoms with E-state index in [2.05, 4.69) is 5.16 Å². The van der Waals surface area contributed by atoms with E-state index in [1.807, 2.05) is 18.4 Å². The maximum atomic E-state index is 12.0. The number of thioether (sulfide) groups is 1. The minimum absolute atomic E-state index is 0.123. The summed E-state index contributed by atoms with van der Waals surface area (Å²) in [7, 11) is 1.58.